The van der Waals surface area contributed by atoms with Gasteiger partial charge in [-0.05, 0) is 37.5 Å². The fourth-order valence-electron chi connectivity index (χ4n) is 3.37. The molecule has 28 heavy (non-hydrogen) atoms. The van der Waals surface area contributed by atoms with E-state index in [4.69, 9.17) is 0 Å². The van der Waals surface area contributed by atoms with Gasteiger partial charge in [0.15, 0.2) is 0 Å². The molecule has 0 bridgehead atoms. The molecular formula is C19H23FN4O3S. The number of piperidine rings is 1. The predicted molar refractivity (Wildman–Crippen MR) is 102 cm³/mol. The van der Waals surface area contributed by atoms with Crippen molar-refractivity contribution in [1.82, 2.24) is 19.6 Å². The van der Waals surface area contributed by atoms with E-state index in [2.05, 4.69) is 15.3 Å². The summed E-state index contributed by atoms with van der Waals surface area (Å²) in [7, 11) is -3.43. The van der Waals surface area contributed by atoms with Crippen molar-refractivity contribution in [2.24, 2.45) is 0 Å². The molecule has 1 saturated heterocycles. The van der Waals surface area contributed by atoms with E-state index >= 15 is 0 Å². The average Bonchev–Trinajstić information content (AvgIpc) is 2.66. The van der Waals surface area contributed by atoms with Gasteiger partial charge >= 0.3 is 0 Å². The minimum absolute atomic E-state index is 0.215. The smallest absolute Gasteiger partial charge is 0.255 e. The average molecular weight is 406 g/mol. The van der Waals surface area contributed by atoms with Crippen molar-refractivity contribution < 1.29 is 17.6 Å². The Morgan fingerprint density at radius 1 is 1.29 bits per heavy atom. The molecule has 1 aromatic heterocycles. The fraction of sp³-hybridized carbons (Fsp3) is 0.421. The number of halogens is 1. The first-order valence-electron chi connectivity index (χ1n) is 9.08. The van der Waals surface area contributed by atoms with Gasteiger partial charge in [0.1, 0.15) is 11.6 Å². The number of nitrogens with zero attached hydrogens (tertiary/aromatic N) is 3. The molecule has 1 aliphatic heterocycles. The quantitative estimate of drug-likeness (QED) is 0.823. The molecule has 1 atom stereocenters. The van der Waals surface area contributed by atoms with Gasteiger partial charge in [-0.2, -0.15) is 4.31 Å². The van der Waals surface area contributed by atoms with E-state index in [-0.39, 0.29) is 17.9 Å². The number of carbonyl (C=O) groups is 1. The van der Waals surface area contributed by atoms with E-state index in [1.165, 1.54) is 28.9 Å². The number of sulfonamides is 1. The van der Waals surface area contributed by atoms with Crippen molar-refractivity contribution in [3.63, 3.8) is 0 Å². The van der Waals surface area contributed by atoms with Crippen molar-refractivity contribution in [2.45, 2.75) is 38.8 Å². The van der Waals surface area contributed by atoms with Crippen molar-refractivity contribution in [1.29, 1.82) is 0 Å². The van der Waals surface area contributed by atoms with E-state index in [1.807, 2.05) is 0 Å². The van der Waals surface area contributed by atoms with Gasteiger partial charge in [-0.25, -0.2) is 22.8 Å². The largest absolute Gasteiger partial charge is 0.348 e. The topological polar surface area (TPSA) is 92.3 Å². The fourth-order valence-corrected chi connectivity index (χ4v) is 4.50. The van der Waals surface area contributed by atoms with Gasteiger partial charge in [0, 0.05) is 19.3 Å². The molecule has 0 unspecified atom stereocenters. The third kappa shape index (κ3) is 4.71. The number of rotatable bonds is 5. The lowest BCUT2D eigenvalue weighted by Crippen LogP contribution is -2.39. The molecule has 0 aliphatic carbocycles. The summed E-state index contributed by atoms with van der Waals surface area (Å²) < 4.78 is 38.9. The Labute approximate surface area is 164 Å². The van der Waals surface area contributed by atoms with Crippen LogP contribution in [0.4, 0.5) is 4.39 Å². The van der Waals surface area contributed by atoms with Crippen LogP contribution >= 0.6 is 0 Å². The summed E-state index contributed by atoms with van der Waals surface area (Å²) in [5.74, 6) is -0.259. The number of amides is 1. The zero-order valence-electron chi connectivity index (χ0n) is 15.9. The maximum Gasteiger partial charge on any atom is 0.255 e. The van der Waals surface area contributed by atoms with Gasteiger partial charge in [-0.3, -0.25) is 4.79 Å². The van der Waals surface area contributed by atoms with Gasteiger partial charge in [0.2, 0.25) is 10.0 Å². The highest BCUT2D eigenvalue weighted by Gasteiger charge is 2.34. The standard InChI is InChI=1S/C19H23FN4O3S/c1-13-21-12-16(19(25)22-11-14-6-8-15(20)9-7-14)18(23-13)17-5-3-4-10-24(17)28(2,26)27/h6-9,12,17H,3-5,10-11H2,1-2H3,(H,22,25)/t17-/m1/s1. The zero-order valence-corrected chi connectivity index (χ0v) is 16.7. The molecule has 1 fully saturated rings. The van der Waals surface area contributed by atoms with Crippen molar-refractivity contribution in [3.05, 3.63) is 58.9 Å². The summed E-state index contributed by atoms with van der Waals surface area (Å²) in [6.45, 7) is 2.33. The maximum atomic E-state index is 13.0. The van der Waals surface area contributed by atoms with E-state index in [9.17, 15) is 17.6 Å². The number of aryl methyl sites for hydroxylation is 1. The second kappa shape index (κ2) is 8.32. The van der Waals surface area contributed by atoms with Crippen LogP contribution in [0.1, 0.15) is 52.7 Å². The highest BCUT2D eigenvalue weighted by Crippen LogP contribution is 2.33. The van der Waals surface area contributed by atoms with E-state index in [0.717, 1.165) is 18.4 Å². The van der Waals surface area contributed by atoms with Crippen LogP contribution in [0.5, 0.6) is 0 Å². The number of hydrogen-bond acceptors (Lipinski definition) is 5. The van der Waals surface area contributed by atoms with Gasteiger partial charge < -0.3 is 5.32 Å². The number of carbonyl (C=O) groups excluding carboxylic acids is 1. The highest BCUT2D eigenvalue weighted by molar-refractivity contribution is 7.88. The Balaban J connectivity index is 1.87. The number of aromatic nitrogens is 2. The molecule has 3 rings (SSSR count). The first-order valence-corrected chi connectivity index (χ1v) is 10.9. The zero-order chi connectivity index (χ0) is 20.3. The lowest BCUT2D eigenvalue weighted by molar-refractivity contribution is 0.0946. The van der Waals surface area contributed by atoms with E-state index in [1.54, 1.807) is 19.1 Å². The van der Waals surface area contributed by atoms with Crippen LogP contribution in [0.3, 0.4) is 0 Å². The minimum atomic E-state index is -3.43. The van der Waals surface area contributed by atoms with Crippen molar-refractivity contribution in [3.8, 4) is 0 Å². The Morgan fingerprint density at radius 3 is 2.68 bits per heavy atom. The van der Waals surface area contributed by atoms with Crippen LogP contribution in [0.15, 0.2) is 30.5 Å². The predicted octanol–water partition coefficient (Wildman–Crippen LogP) is 2.34. The van der Waals surface area contributed by atoms with Crippen LogP contribution in [0.2, 0.25) is 0 Å². The third-order valence-corrected chi connectivity index (χ3v) is 6.03. The normalized spacial score (nSPS) is 18.0. The Hall–Kier alpha value is -2.39. The van der Waals surface area contributed by atoms with Crippen molar-refractivity contribution in [2.75, 3.05) is 12.8 Å². The molecule has 0 spiro atoms. The molecule has 1 amide bonds. The second-order valence-corrected chi connectivity index (χ2v) is 8.85. The number of nitrogens with one attached hydrogen (secondary N) is 1. The van der Waals surface area contributed by atoms with Gasteiger partial charge in [-0.15, -0.1) is 0 Å². The molecule has 2 heterocycles. The van der Waals surface area contributed by atoms with E-state index in [0.29, 0.717) is 24.5 Å². The van der Waals surface area contributed by atoms with Crippen molar-refractivity contribution >= 4 is 15.9 Å². The summed E-state index contributed by atoms with van der Waals surface area (Å²) in [6, 6.07) is 5.35. The first kappa shape index (κ1) is 20.3. The molecule has 1 aliphatic rings. The van der Waals surface area contributed by atoms with Gasteiger partial charge in [0.05, 0.1) is 23.6 Å². The van der Waals surface area contributed by atoms with Crippen LogP contribution < -0.4 is 5.32 Å². The van der Waals surface area contributed by atoms with Crippen LogP contribution in [-0.4, -0.2) is 41.4 Å². The second-order valence-electron chi connectivity index (χ2n) is 6.91. The third-order valence-electron chi connectivity index (χ3n) is 4.74. The van der Waals surface area contributed by atoms with Gasteiger partial charge in [-0.1, -0.05) is 18.6 Å². The monoisotopic (exact) mass is 406 g/mol. The molecule has 9 heteroatoms. The number of benzene rings is 1. The highest BCUT2D eigenvalue weighted by atomic mass is 32.2. The lowest BCUT2D eigenvalue weighted by atomic mass is 9.98. The lowest BCUT2D eigenvalue weighted by Gasteiger charge is -2.34. The Morgan fingerprint density at radius 2 is 2.00 bits per heavy atom. The van der Waals surface area contributed by atoms with Crippen LogP contribution in [0, 0.1) is 12.7 Å². The minimum Gasteiger partial charge on any atom is -0.348 e. The molecular weight excluding hydrogens is 383 g/mol. The first-order chi connectivity index (χ1) is 13.3. The SMILES string of the molecule is Cc1ncc(C(=O)NCc2ccc(F)cc2)c([C@H]2CCCCN2S(C)(=O)=O)n1. The maximum absolute atomic E-state index is 13.0. The Bertz CT molecular complexity index is 964. The molecule has 150 valence electrons. The van der Waals surface area contributed by atoms with E-state index < -0.39 is 22.0 Å². The molecule has 1 N–H and O–H groups in total. The van der Waals surface area contributed by atoms with Gasteiger partial charge in [0.25, 0.3) is 5.91 Å². The summed E-state index contributed by atoms with van der Waals surface area (Å²) in [5, 5.41) is 2.78. The van der Waals surface area contributed by atoms with Crippen LogP contribution in [-0.2, 0) is 16.6 Å². The molecule has 0 saturated carbocycles. The van der Waals surface area contributed by atoms with Crippen LogP contribution in [0.25, 0.3) is 0 Å². The summed E-state index contributed by atoms with van der Waals surface area (Å²) in [4.78, 5) is 21.3. The Kier molecular flexibility index (Phi) is 6.04. The molecule has 1 aromatic carbocycles. The summed E-state index contributed by atoms with van der Waals surface area (Å²) in [5.41, 5.74) is 1.43. The molecule has 2 aromatic rings. The molecule has 7 nitrogen and oxygen atoms in total. The molecule has 0 radical (unpaired) electrons. The number of hydrogen-bond donors (Lipinski definition) is 1. The summed E-state index contributed by atoms with van der Waals surface area (Å²) >= 11 is 0. The summed E-state index contributed by atoms with van der Waals surface area (Å²) in [6.07, 6.45) is 4.85.